The van der Waals surface area contributed by atoms with E-state index in [1.165, 1.54) is 11.9 Å². The van der Waals surface area contributed by atoms with Gasteiger partial charge in [-0.3, -0.25) is 10.1 Å². The SMILES string of the molecule is CNc1nc(N2CCC(C(F)(F)F)CC2)c(C(=O)OC)cc1[N+](=O)[O-]. The zero-order valence-electron chi connectivity index (χ0n) is 13.6. The number of methoxy groups -OCH3 is 1. The second-order valence-corrected chi connectivity index (χ2v) is 5.53. The molecular weight excluding hydrogens is 345 g/mol. The number of pyridine rings is 1. The van der Waals surface area contributed by atoms with Crippen molar-refractivity contribution in [3.8, 4) is 0 Å². The summed E-state index contributed by atoms with van der Waals surface area (Å²) in [4.78, 5) is 28.0. The third-order valence-corrected chi connectivity index (χ3v) is 4.08. The molecular formula is C14H17F3N4O4. The Balaban J connectivity index is 2.39. The average molecular weight is 362 g/mol. The molecule has 0 aromatic carbocycles. The van der Waals surface area contributed by atoms with Gasteiger partial charge in [0.25, 0.3) is 0 Å². The van der Waals surface area contributed by atoms with Crippen LogP contribution in [0.5, 0.6) is 0 Å². The number of halogens is 3. The molecule has 1 aliphatic rings. The van der Waals surface area contributed by atoms with Crippen LogP contribution in [0, 0.1) is 16.0 Å². The van der Waals surface area contributed by atoms with Crippen LogP contribution in [0.25, 0.3) is 0 Å². The number of anilines is 2. The molecule has 0 unspecified atom stereocenters. The Morgan fingerprint density at radius 2 is 2.04 bits per heavy atom. The monoisotopic (exact) mass is 362 g/mol. The van der Waals surface area contributed by atoms with E-state index in [-0.39, 0.29) is 43.1 Å². The van der Waals surface area contributed by atoms with E-state index in [9.17, 15) is 28.1 Å². The number of esters is 1. The summed E-state index contributed by atoms with van der Waals surface area (Å²) in [5.74, 6) is -2.26. The number of hydrogen-bond acceptors (Lipinski definition) is 7. The molecule has 1 aromatic rings. The van der Waals surface area contributed by atoms with E-state index < -0.39 is 28.7 Å². The highest BCUT2D eigenvalue weighted by atomic mass is 19.4. The predicted octanol–water partition coefficient (Wildman–Crippen LogP) is 2.60. The lowest BCUT2D eigenvalue weighted by molar-refractivity contribution is -0.384. The minimum Gasteiger partial charge on any atom is -0.465 e. The maximum absolute atomic E-state index is 12.8. The number of nitrogens with one attached hydrogen (secondary N) is 1. The largest absolute Gasteiger partial charge is 0.465 e. The first-order chi connectivity index (χ1) is 11.7. The van der Waals surface area contributed by atoms with Crippen LogP contribution in [-0.2, 0) is 4.74 Å². The van der Waals surface area contributed by atoms with E-state index in [0.717, 1.165) is 13.2 Å². The van der Waals surface area contributed by atoms with Crippen LogP contribution in [0.1, 0.15) is 23.2 Å². The quantitative estimate of drug-likeness (QED) is 0.499. The van der Waals surface area contributed by atoms with Crippen molar-refractivity contribution in [1.82, 2.24) is 4.98 Å². The number of aromatic nitrogens is 1. The second kappa shape index (κ2) is 7.11. The van der Waals surface area contributed by atoms with Crippen molar-refractivity contribution < 1.29 is 27.6 Å². The smallest absolute Gasteiger partial charge is 0.391 e. The Morgan fingerprint density at radius 1 is 1.44 bits per heavy atom. The summed E-state index contributed by atoms with van der Waals surface area (Å²) >= 11 is 0. The van der Waals surface area contributed by atoms with Crippen molar-refractivity contribution in [2.24, 2.45) is 5.92 Å². The Bertz CT molecular complexity index is 673. The van der Waals surface area contributed by atoms with Crippen LogP contribution in [0.4, 0.5) is 30.5 Å². The second-order valence-electron chi connectivity index (χ2n) is 5.53. The lowest BCUT2D eigenvalue weighted by Gasteiger charge is -2.34. The van der Waals surface area contributed by atoms with Crippen LogP contribution in [0.3, 0.4) is 0 Å². The zero-order valence-corrected chi connectivity index (χ0v) is 13.6. The van der Waals surface area contributed by atoms with E-state index in [1.54, 1.807) is 0 Å². The Hall–Kier alpha value is -2.59. The van der Waals surface area contributed by atoms with Crippen molar-refractivity contribution in [2.75, 3.05) is 37.5 Å². The van der Waals surface area contributed by atoms with Gasteiger partial charge >= 0.3 is 17.8 Å². The van der Waals surface area contributed by atoms with Gasteiger partial charge in [-0.25, -0.2) is 9.78 Å². The molecule has 1 N–H and O–H groups in total. The molecule has 0 aliphatic carbocycles. The van der Waals surface area contributed by atoms with Crippen molar-refractivity contribution in [1.29, 1.82) is 0 Å². The van der Waals surface area contributed by atoms with Crippen LogP contribution in [-0.4, -0.2) is 49.3 Å². The van der Waals surface area contributed by atoms with E-state index in [0.29, 0.717) is 0 Å². The minimum absolute atomic E-state index is 0.0299. The number of piperidine rings is 1. The molecule has 25 heavy (non-hydrogen) atoms. The van der Waals surface area contributed by atoms with Crippen LogP contribution in [0.15, 0.2) is 6.07 Å². The highest BCUT2D eigenvalue weighted by molar-refractivity contribution is 5.96. The molecule has 8 nitrogen and oxygen atoms in total. The summed E-state index contributed by atoms with van der Waals surface area (Å²) < 4.78 is 43.0. The zero-order chi connectivity index (χ0) is 18.8. The number of alkyl halides is 3. The van der Waals surface area contributed by atoms with Gasteiger partial charge in [0.1, 0.15) is 11.4 Å². The molecule has 1 fully saturated rings. The van der Waals surface area contributed by atoms with Crippen molar-refractivity contribution in [2.45, 2.75) is 19.0 Å². The molecule has 1 aromatic heterocycles. The van der Waals surface area contributed by atoms with Gasteiger partial charge in [0, 0.05) is 26.2 Å². The minimum atomic E-state index is -4.27. The number of carbonyl (C=O) groups excluding carboxylic acids is 1. The van der Waals surface area contributed by atoms with E-state index in [1.807, 2.05) is 0 Å². The average Bonchev–Trinajstić information content (AvgIpc) is 2.59. The summed E-state index contributed by atoms with van der Waals surface area (Å²) in [6, 6.07) is 1.02. The van der Waals surface area contributed by atoms with Gasteiger partial charge in [0.05, 0.1) is 18.0 Å². The molecule has 0 amide bonds. The Kier molecular flexibility index (Phi) is 5.33. The fourth-order valence-corrected chi connectivity index (χ4v) is 2.74. The summed E-state index contributed by atoms with van der Waals surface area (Å²) in [5, 5.41) is 13.7. The van der Waals surface area contributed by atoms with E-state index in [2.05, 4.69) is 15.0 Å². The van der Waals surface area contributed by atoms with Gasteiger partial charge in [-0.15, -0.1) is 0 Å². The van der Waals surface area contributed by atoms with Crippen LogP contribution >= 0.6 is 0 Å². The van der Waals surface area contributed by atoms with Gasteiger partial charge < -0.3 is 15.0 Å². The molecule has 2 rings (SSSR count). The molecule has 138 valence electrons. The normalized spacial score (nSPS) is 15.8. The maximum Gasteiger partial charge on any atom is 0.391 e. The molecule has 0 bridgehead atoms. The summed E-state index contributed by atoms with van der Waals surface area (Å²) in [5.41, 5.74) is -0.574. The molecule has 11 heteroatoms. The highest BCUT2D eigenvalue weighted by Gasteiger charge is 2.42. The lowest BCUT2D eigenvalue weighted by Crippen LogP contribution is -2.40. The number of nitro groups is 1. The molecule has 0 saturated carbocycles. The lowest BCUT2D eigenvalue weighted by atomic mass is 9.96. The van der Waals surface area contributed by atoms with Crippen LogP contribution < -0.4 is 10.2 Å². The summed E-state index contributed by atoms with van der Waals surface area (Å²) in [6.07, 6.45) is -4.55. The van der Waals surface area contributed by atoms with E-state index >= 15 is 0 Å². The van der Waals surface area contributed by atoms with Gasteiger partial charge in [0.15, 0.2) is 0 Å². The van der Waals surface area contributed by atoms with E-state index in [4.69, 9.17) is 0 Å². The first-order valence-corrected chi connectivity index (χ1v) is 7.46. The highest BCUT2D eigenvalue weighted by Crippen LogP contribution is 2.37. The van der Waals surface area contributed by atoms with Gasteiger partial charge in [0.2, 0.25) is 5.82 Å². The number of carbonyl (C=O) groups is 1. The molecule has 1 aliphatic heterocycles. The number of ether oxygens (including phenoxy) is 1. The van der Waals surface area contributed by atoms with Crippen molar-refractivity contribution >= 4 is 23.3 Å². The van der Waals surface area contributed by atoms with Gasteiger partial charge in [-0.1, -0.05) is 0 Å². The molecule has 0 radical (unpaired) electrons. The fraction of sp³-hybridized carbons (Fsp3) is 0.571. The number of rotatable bonds is 4. The first-order valence-electron chi connectivity index (χ1n) is 7.46. The first kappa shape index (κ1) is 18.7. The number of hydrogen-bond donors (Lipinski definition) is 1. The van der Waals surface area contributed by atoms with Crippen molar-refractivity contribution in [3.05, 3.63) is 21.7 Å². The van der Waals surface area contributed by atoms with Gasteiger partial charge in [-0.2, -0.15) is 13.2 Å². The molecule has 2 heterocycles. The summed E-state index contributed by atoms with van der Waals surface area (Å²) in [6.45, 7) is 0.0598. The number of nitrogens with zero attached hydrogens (tertiary/aromatic N) is 3. The molecule has 1 saturated heterocycles. The standard InChI is InChI=1S/C14H17F3N4O4/c1-18-11-10(21(23)24)7-9(13(22)25-2)12(19-11)20-5-3-8(4-6-20)14(15,16)17/h7-8H,3-6H2,1-2H3,(H,18,19). The summed E-state index contributed by atoms with van der Waals surface area (Å²) in [7, 11) is 2.53. The van der Waals surface area contributed by atoms with Crippen LogP contribution in [0.2, 0.25) is 0 Å². The fourth-order valence-electron chi connectivity index (χ4n) is 2.74. The van der Waals surface area contributed by atoms with Crippen molar-refractivity contribution in [3.63, 3.8) is 0 Å². The Labute approximate surface area is 141 Å². The maximum atomic E-state index is 12.8. The third kappa shape index (κ3) is 3.91. The predicted molar refractivity (Wildman–Crippen MR) is 82.8 cm³/mol. The topological polar surface area (TPSA) is 97.6 Å². The molecule has 0 atom stereocenters. The third-order valence-electron chi connectivity index (χ3n) is 4.08. The molecule has 0 spiro atoms. The van der Waals surface area contributed by atoms with Gasteiger partial charge in [-0.05, 0) is 12.8 Å². The Morgan fingerprint density at radius 3 is 2.48 bits per heavy atom.